The molecule has 0 bridgehead atoms. The summed E-state index contributed by atoms with van der Waals surface area (Å²) in [6.07, 6.45) is 5.28. The Labute approximate surface area is 213 Å². The van der Waals surface area contributed by atoms with Crippen LogP contribution in [0.2, 0.25) is 0 Å². The largest absolute Gasteiger partial charge is 0.416 e. The van der Waals surface area contributed by atoms with E-state index in [2.05, 4.69) is 80.8 Å². The maximum absolute atomic E-state index is 5.97. The normalized spacial score (nSPS) is 11.2. The highest BCUT2D eigenvalue weighted by Gasteiger charge is 2.17. The summed E-state index contributed by atoms with van der Waals surface area (Å²) >= 11 is 0. The summed E-state index contributed by atoms with van der Waals surface area (Å²) < 4.78 is 5.97. The molecule has 0 aliphatic rings. The summed E-state index contributed by atoms with van der Waals surface area (Å²) in [4.78, 5) is 8.97. The van der Waals surface area contributed by atoms with Crippen molar-refractivity contribution in [2.75, 3.05) is 0 Å². The molecule has 7 rings (SSSR count). The molecule has 0 unspecified atom stereocenters. The highest BCUT2D eigenvalue weighted by molar-refractivity contribution is 6.21. The summed E-state index contributed by atoms with van der Waals surface area (Å²) in [5.41, 5.74) is 6.04. The lowest BCUT2D eigenvalue weighted by Crippen LogP contribution is -1.92. The lowest BCUT2D eigenvalue weighted by molar-refractivity contribution is 0.584. The van der Waals surface area contributed by atoms with E-state index in [0.717, 1.165) is 38.7 Å². The molecule has 37 heavy (non-hydrogen) atoms. The van der Waals surface area contributed by atoms with Crippen LogP contribution in [-0.4, -0.2) is 20.2 Å². The first-order valence-electron chi connectivity index (χ1n) is 12.1. The standard InChI is InChI=1S/C32H20N4O/c1-2-8-22(9-3-1)31-35-36-32(37-31)23-16-14-21(15-17-23)29-24-10-4-6-12-26(24)30(28-20-33-18-19-34-28)27-13-7-5-11-25(27)29/h1-20H. The van der Waals surface area contributed by atoms with Crippen LogP contribution in [0.25, 0.3) is 66.8 Å². The van der Waals surface area contributed by atoms with Crippen LogP contribution in [0.3, 0.4) is 0 Å². The van der Waals surface area contributed by atoms with E-state index in [4.69, 9.17) is 4.42 Å². The number of aromatic nitrogens is 4. The summed E-state index contributed by atoms with van der Waals surface area (Å²) in [5.74, 6) is 1.01. The predicted octanol–water partition coefficient (Wildman–Crippen LogP) is 7.83. The molecule has 0 N–H and O–H groups in total. The summed E-state index contributed by atoms with van der Waals surface area (Å²) in [6.45, 7) is 0. The highest BCUT2D eigenvalue weighted by atomic mass is 16.4. The van der Waals surface area contributed by atoms with Gasteiger partial charge in [0.05, 0.1) is 11.9 Å². The molecule has 0 amide bonds. The van der Waals surface area contributed by atoms with Gasteiger partial charge in [-0.15, -0.1) is 10.2 Å². The van der Waals surface area contributed by atoms with Crippen LogP contribution in [0.1, 0.15) is 0 Å². The van der Waals surface area contributed by atoms with Crippen molar-refractivity contribution in [3.05, 3.63) is 122 Å². The minimum atomic E-state index is 0.498. The lowest BCUT2D eigenvalue weighted by atomic mass is 9.87. The van der Waals surface area contributed by atoms with E-state index in [1.54, 1.807) is 12.4 Å². The zero-order valence-electron chi connectivity index (χ0n) is 19.7. The monoisotopic (exact) mass is 476 g/mol. The van der Waals surface area contributed by atoms with Crippen molar-refractivity contribution >= 4 is 21.5 Å². The molecule has 0 spiro atoms. The molecule has 0 saturated carbocycles. The van der Waals surface area contributed by atoms with Crippen molar-refractivity contribution < 1.29 is 4.42 Å². The molecular weight excluding hydrogens is 456 g/mol. The van der Waals surface area contributed by atoms with Crippen LogP contribution in [0, 0.1) is 0 Å². The summed E-state index contributed by atoms with van der Waals surface area (Å²) in [7, 11) is 0. The van der Waals surface area contributed by atoms with Crippen LogP contribution in [-0.2, 0) is 0 Å². The third kappa shape index (κ3) is 3.65. The Hall–Kier alpha value is -5.16. The Morgan fingerprint density at radius 3 is 1.54 bits per heavy atom. The average molecular weight is 477 g/mol. The molecule has 2 heterocycles. The molecule has 0 radical (unpaired) electrons. The average Bonchev–Trinajstić information content (AvgIpc) is 3.47. The van der Waals surface area contributed by atoms with E-state index in [-0.39, 0.29) is 0 Å². The number of hydrogen-bond donors (Lipinski definition) is 0. The van der Waals surface area contributed by atoms with Crippen molar-refractivity contribution in [1.29, 1.82) is 0 Å². The van der Waals surface area contributed by atoms with Gasteiger partial charge in [-0.2, -0.15) is 0 Å². The molecule has 5 aromatic carbocycles. The molecule has 174 valence electrons. The van der Waals surface area contributed by atoms with Gasteiger partial charge in [0.1, 0.15) is 0 Å². The summed E-state index contributed by atoms with van der Waals surface area (Å²) in [5, 5.41) is 13.1. The third-order valence-electron chi connectivity index (χ3n) is 6.62. The highest BCUT2D eigenvalue weighted by Crippen LogP contribution is 2.43. The Kier molecular flexibility index (Phi) is 5.03. The van der Waals surface area contributed by atoms with Gasteiger partial charge in [-0.05, 0) is 56.9 Å². The number of hydrogen-bond acceptors (Lipinski definition) is 5. The van der Waals surface area contributed by atoms with Crippen molar-refractivity contribution in [1.82, 2.24) is 20.2 Å². The second-order valence-electron chi connectivity index (χ2n) is 8.79. The second kappa shape index (κ2) is 8.81. The fraction of sp³-hybridized carbons (Fsp3) is 0. The van der Waals surface area contributed by atoms with Crippen LogP contribution in [0.5, 0.6) is 0 Å². The first-order valence-corrected chi connectivity index (χ1v) is 12.1. The number of fused-ring (bicyclic) bond motifs is 2. The van der Waals surface area contributed by atoms with Gasteiger partial charge in [0, 0.05) is 29.1 Å². The van der Waals surface area contributed by atoms with Crippen LogP contribution < -0.4 is 0 Å². The molecule has 0 aliphatic carbocycles. The number of nitrogens with zero attached hydrogens (tertiary/aromatic N) is 4. The zero-order chi connectivity index (χ0) is 24.6. The Bertz CT molecular complexity index is 1800. The van der Waals surface area contributed by atoms with Crippen LogP contribution in [0.15, 0.2) is 126 Å². The van der Waals surface area contributed by atoms with Crippen molar-refractivity contribution in [3.63, 3.8) is 0 Å². The van der Waals surface area contributed by atoms with Gasteiger partial charge >= 0.3 is 0 Å². The topological polar surface area (TPSA) is 64.7 Å². The molecule has 0 fully saturated rings. The number of rotatable bonds is 4. The Balaban J connectivity index is 1.38. The van der Waals surface area contributed by atoms with Crippen molar-refractivity contribution in [2.45, 2.75) is 0 Å². The quantitative estimate of drug-likeness (QED) is 0.242. The fourth-order valence-electron chi connectivity index (χ4n) is 4.96. The Morgan fingerprint density at radius 1 is 0.459 bits per heavy atom. The van der Waals surface area contributed by atoms with Crippen LogP contribution >= 0.6 is 0 Å². The van der Waals surface area contributed by atoms with E-state index in [1.165, 1.54) is 16.3 Å². The van der Waals surface area contributed by atoms with E-state index in [9.17, 15) is 0 Å². The minimum absolute atomic E-state index is 0.498. The van der Waals surface area contributed by atoms with Crippen molar-refractivity contribution in [3.8, 4) is 45.3 Å². The third-order valence-corrected chi connectivity index (χ3v) is 6.62. The van der Waals surface area contributed by atoms with Gasteiger partial charge in [-0.3, -0.25) is 9.97 Å². The second-order valence-corrected chi connectivity index (χ2v) is 8.79. The minimum Gasteiger partial charge on any atom is -0.416 e. The van der Waals surface area contributed by atoms with Crippen molar-refractivity contribution in [2.24, 2.45) is 0 Å². The van der Waals surface area contributed by atoms with E-state index in [1.807, 2.05) is 48.7 Å². The lowest BCUT2D eigenvalue weighted by Gasteiger charge is -2.17. The Morgan fingerprint density at radius 2 is 0.973 bits per heavy atom. The smallest absolute Gasteiger partial charge is 0.248 e. The fourth-order valence-corrected chi connectivity index (χ4v) is 4.96. The van der Waals surface area contributed by atoms with Gasteiger partial charge in [-0.25, -0.2) is 0 Å². The summed E-state index contributed by atoms with van der Waals surface area (Å²) in [6, 6.07) is 35.1. The number of benzene rings is 5. The maximum Gasteiger partial charge on any atom is 0.248 e. The van der Waals surface area contributed by atoms with Gasteiger partial charge in [0.2, 0.25) is 11.8 Å². The van der Waals surface area contributed by atoms with Gasteiger partial charge < -0.3 is 4.42 Å². The molecular formula is C32H20N4O. The molecule has 5 heteroatoms. The SMILES string of the molecule is c1ccc(-c2nnc(-c3ccc(-c4c5ccccc5c(-c5cnccn5)c5ccccc45)cc3)o2)cc1. The van der Waals surface area contributed by atoms with Gasteiger partial charge in [-0.1, -0.05) is 78.9 Å². The first-order chi connectivity index (χ1) is 18.4. The molecule has 0 saturated heterocycles. The zero-order valence-corrected chi connectivity index (χ0v) is 19.7. The van der Waals surface area contributed by atoms with E-state index in [0.29, 0.717) is 11.8 Å². The molecule has 2 aromatic heterocycles. The molecule has 5 nitrogen and oxygen atoms in total. The van der Waals surface area contributed by atoms with E-state index >= 15 is 0 Å². The van der Waals surface area contributed by atoms with E-state index < -0.39 is 0 Å². The maximum atomic E-state index is 5.97. The predicted molar refractivity (Wildman–Crippen MR) is 147 cm³/mol. The molecule has 0 aliphatic heterocycles. The molecule has 7 aromatic rings. The van der Waals surface area contributed by atoms with Crippen LogP contribution in [0.4, 0.5) is 0 Å². The van der Waals surface area contributed by atoms with Gasteiger partial charge in [0.25, 0.3) is 0 Å². The first kappa shape index (κ1) is 21.1. The molecule has 0 atom stereocenters. The van der Waals surface area contributed by atoms with Gasteiger partial charge in [0.15, 0.2) is 0 Å².